The molecular weight excluding hydrogens is 246 g/mol. The van der Waals surface area contributed by atoms with Crippen LogP contribution in [0.5, 0.6) is 0 Å². The Kier molecular flexibility index (Phi) is 4.53. The lowest BCUT2D eigenvalue weighted by molar-refractivity contribution is 0.111. The van der Waals surface area contributed by atoms with Crippen molar-refractivity contribution in [3.63, 3.8) is 0 Å². The first kappa shape index (κ1) is 11.1. The van der Waals surface area contributed by atoms with Gasteiger partial charge in [0.2, 0.25) is 6.08 Å². The van der Waals surface area contributed by atoms with Crippen molar-refractivity contribution in [2.24, 2.45) is 4.99 Å². The van der Waals surface area contributed by atoms with E-state index in [-0.39, 0.29) is 6.10 Å². The van der Waals surface area contributed by atoms with E-state index in [0.29, 0.717) is 6.54 Å². The molecule has 0 aliphatic carbocycles. The van der Waals surface area contributed by atoms with E-state index in [0.717, 1.165) is 10.0 Å². The molecule has 1 atom stereocenters. The number of methoxy groups -OCH3 is 1. The van der Waals surface area contributed by atoms with Crippen LogP contribution >= 0.6 is 15.9 Å². The van der Waals surface area contributed by atoms with Crippen LogP contribution in [0, 0.1) is 0 Å². The molecule has 0 saturated heterocycles. The average molecular weight is 256 g/mol. The molecule has 1 aromatic rings. The Hall–Kier alpha value is -0.960. The van der Waals surface area contributed by atoms with E-state index in [9.17, 15) is 4.79 Å². The fraction of sp³-hybridized carbons (Fsp3) is 0.300. The van der Waals surface area contributed by atoms with Crippen molar-refractivity contribution in [1.29, 1.82) is 0 Å². The quantitative estimate of drug-likeness (QED) is 0.613. The Labute approximate surface area is 90.9 Å². The highest BCUT2D eigenvalue weighted by Gasteiger charge is 2.09. The van der Waals surface area contributed by atoms with E-state index >= 15 is 0 Å². The third-order valence-electron chi connectivity index (χ3n) is 1.83. The minimum absolute atomic E-state index is 0.186. The van der Waals surface area contributed by atoms with Gasteiger partial charge in [-0.2, -0.15) is 0 Å². The van der Waals surface area contributed by atoms with Crippen molar-refractivity contribution >= 4 is 22.0 Å². The van der Waals surface area contributed by atoms with Gasteiger partial charge in [-0.05, 0) is 17.7 Å². The van der Waals surface area contributed by atoms with Crippen LogP contribution in [0.15, 0.2) is 33.7 Å². The van der Waals surface area contributed by atoms with Crippen LogP contribution in [0.2, 0.25) is 0 Å². The van der Waals surface area contributed by atoms with E-state index in [1.54, 1.807) is 7.11 Å². The smallest absolute Gasteiger partial charge is 0.235 e. The van der Waals surface area contributed by atoms with Crippen molar-refractivity contribution in [2.75, 3.05) is 13.7 Å². The molecule has 0 aromatic heterocycles. The molecule has 0 spiro atoms. The zero-order chi connectivity index (χ0) is 10.4. The maximum atomic E-state index is 9.97. The van der Waals surface area contributed by atoms with Crippen molar-refractivity contribution in [3.8, 4) is 0 Å². The Bertz CT molecular complexity index is 348. The van der Waals surface area contributed by atoms with Gasteiger partial charge in [0.05, 0.1) is 6.54 Å². The molecule has 3 nitrogen and oxygen atoms in total. The van der Waals surface area contributed by atoms with Crippen molar-refractivity contribution in [3.05, 3.63) is 34.3 Å². The summed E-state index contributed by atoms with van der Waals surface area (Å²) in [7, 11) is 1.59. The van der Waals surface area contributed by atoms with E-state index < -0.39 is 0 Å². The first-order valence-electron chi connectivity index (χ1n) is 4.10. The molecule has 0 N–H and O–H groups in total. The number of halogens is 1. The molecule has 0 saturated carbocycles. The highest BCUT2D eigenvalue weighted by molar-refractivity contribution is 9.10. The lowest BCUT2D eigenvalue weighted by atomic mass is 10.1. The standard InChI is InChI=1S/C10H10BrNO2/c1-14-10(6-12-7-13)8-3-2-4-9(11)5-8/h2-5,10H,6H2,1H3. The van der Waals surface area contributed by atoms with E-state index in [2.05, 4.69) is 20.9 Å². The van der Waals surface area contributed by atoms with Crippen LogP contribution in [0.3, 0.4) is 0 Å². The molecule has 74 valence electrons. The number of nitrogens with zero attached hydrogens (tertiary/aromatic N) is 1. The van der Waals surface area contributed by atoms with Gasteiger partial charge in [-0.3, -0.25) is 0 Å². The lowest BCUT2D eigenvalue weighted by Gasteiger charge is -2.12. The first-order valence-corrected chi connectivity index (χ1v) is 4.89. The Balaban J connectivity index is 2.83. The maximum absolute atomic E-state index is 9.97. The van der Waals surface area contributed by atoms with Gasteiger partial charge in [0, 0.05) is 11.6 Å². The summed E-state index contributed by atoms with van der Waals surface area (Å²) in [5, 5.41) is 0. The van der Waals surface area contributed by atoms with Crippen LogP contribution in [0.25, 0.3) is 0 Å². The molecule has 0 bridgehead atoms. The van der Waals surface area contributed by atoms with Gasteiger partial charge in [0.25, 0.3) is 0 Å². The number of rotatable bonds is 4. The average Bonchev–Trinajstić information content (AvgIpc) is 2.19. The molecule has 1 unspecified atom stereocenters. The topological polar surface area (TPSA) is 38.7 Å². The highest BCUT2D eigenvalue weighted by Crippen LogP contribution is 2.20. The number of carbonyl (C=O) groups excluding carboxylic acids is 1. The summed E-state index contributed by atoms with van der Waals surface area (Å²) in [4.78, 5) is 13.5. The summed E-state index contributed by atoms with van der Waals surface area (Å²) in [5.41, 5.74) is 0.987. The Morgan fingerprint density at radius 1 is 1.64 bits per heavy atom. The second-order valence-corrected chi connectivity index (χ2v) is 3.63. The van der Waals surface area contributed by atoms with Gasteiger partial charge in [0.1, 0.15) is 6.10 Å². The number of hydrogen-bond acceptors (Lipinski definition) is 3. The molecule has 0 aliphatic heterocycles. The number of benzene rings is 1. The summed E-state index contributed by atoms with van der Waals surface area (Å²) >= 11 is 3.36. The predicted octanol–water partition coefficient (Wildman–Crippen LogP) is 2.47. The summed E-state index contributed by atoms with van der Waals surface area (Å²) < 4.78 is 6.18. The normalized spacial score (nSPS) is 11.9. The molecule has 14 heavy (non-hydrogen) atoms. The first-order chi connectivity index (χ1) is 6.77. The molecule has 0 fully saturated rings. The van der Waals surface area contributed by atoms with Gasteiger partial charge in [-0.1, -0.05) is 28.1 Å². The molecule has 0 amide bonds. The van der Waals surface area contributed by atoms with Gasteiger partial charge in [-0.25, -0.2) is 9.79 Å². The zero-order valence-electron chi connectivity index (χ0n) is 7.74. The third kappa shape index (κ3) is 3.07. The predicted molar refractivity (Wildman–Crippen MR) is 56.9 cm³/mol. The summed E-state index contributed by atoms with van der Waals surface area (Å²) in [6, 6.07) is 7.71. The molecule has 1 rings (SSSR count). The van der Waals surface area contributed by atoms with Gasteiger partial charge >= 0.3 is 0 Å². The Morgan fingerprint density at radius 2 is 2.43 bits per heavy atom. The van der Waals surface area contributed by atoms with Crippen molar-refractivity contribution in [2.45, 2.75) is 6.10 Å². The molecule has 0 radical (unpaired) electrons. The second kappa shape index (κ2) is 5.70. The lowest BCUT2D eigenvalue weighted by Crippen LogP contribution is -2.04. The number of ether oxygens (including phenoxy) is 1. The minimum atomic E-state index is -0.186. The van der Waals surface area contributed by atoms with Crippen LogP contribution in [-0.4, -0.2) is 19.7 Å². The van der Waals surface area contributed by atoms with Gasteiger partial charge in [0.15, 0.2) is 0 Å². The molecule has 1 aromatic carbocycles. The highest BCUT2D eigenvalue weighted by atomic mass is 79.9. The van der Waals surface area contributed by atoms with E-state index in [1.807, 2.05) is 24.3 Å². The molecule has 0 aliphatic rings. The summed E-state index contributed by atoms with van der Waals surface area (Å²) in [5.74, 6) is 0. The third-order valence-corrected chi connectivity index (χ3v) is 2.32. The van der Waals surface area contributed by atoms with Gasteiger partial charge < -0.3 is 4.74 Å². The fourth-order valence-corrected chi connectivity index (χ4v) is 1.56. The second-order valence-electron chi connectivity index (χ2n) is 2.71. The van der Waals surface area contributed by atoms with Crippen molar-refractivity contribution in [1.82, 2.24) is 0 Å². The monoisotopic (exact) mass is 255 g/mol. The number of aliphatic imine (C=N–C) groups is 1. The number of hydrogen-bond donors (Lipinski definition) is 0. The van der Waals surface area contributed by atoms with E-state index in [4.69, 9.17) is 4.74 Å². The van der Waals surface area contributed by atoms with Gasteiger partial charge in [-0.15, -0.1) is 0 Å². The Morgan fingerprint density at radius 3 is 3.00 bits per heavy atom. The summed E-state index contributed by atoms with van der Waals surface area (Å²) in [6.07, 6.45) is 1.31. The molecular formula is C10H10BrNO2. The SMILES string of the molecule is COC(CN=C=O)c1cccc(Br)c1. The van der Waals surface area contributed by atoms with Crippen LogP contribution in [0.4, 0.5) is 0 Å². The molecule has 0 heterocycles. The van der Waals surface area contributed by atoms with Crippen molar-refractivity contribution < 1.29 is 9.53 Å². The molecule has 4 heteroatoms. The largest absolute Gasteiger partial charge is 0.375 e. The maximum Gasteiger partial charge on any atom is 0.235 e. The summed E-state index contributed by atoms with van der Waals surface area (Å²) in [6.45, 7) is 0.302. The minimum Gasteiger partial charge on any atom is -0.375 e. The van der Waals surface area contributed by atoms with Crippen LogP contribution < -0.4 is 0 Å². The van der Waals surface area contributed by atoms with E-state index in [1.165, 1.54) is 6.08 Å². The zero-order valence-corrected chi connectivity index (χ0v) is 9.32. The number of isocyanates is 1. The van der Waals surface area contributed by atoms with Crippen LogP contribution in [0.1, 0.15) is 11.7 Å². The fourth-order valence-electron chi connectivity index (χ4n) is 1.14. The van der Waals surface area contributed by atoms with Crippen LogP contribution in [-0.2, 0) is 9.53 Å².